The maximum absolute atomic E-state index is 12.8. The second-order valence-corrected chi connectivity index (χ2v) is 14.8. The van der Waals surface area contributed by atoms with E-state index in [2.05, 4.69) is 61.2 Å². The van der Waals surface area contributed by atoms with Gasteiger partial charge in [0.05, 0.1) is 13.7 Å². The van der Waals surface area contributed by atoms with Gasteiger partial charge in [0.1, 0.15) is 5.41 Å². The minimum absolute atomic E-state index is 0.115. The summed E-state index contributed by atoms with van der Waals surface area (Å²) >= 11 is 0. The molecule has 0 aliphatic heterocycles. The van der Waals surface area contributed by atoms with Crippen LogP contribution in [-0.4, -0.2) is 28.0 Å². The molecule has 0 spiro atoms. The molecule has 0 aromatic heterocycles. The van der Waals surface area contributed by atoms with E-state index in [-0.39, 0.29) is 16.4 Å². The highest BCUT2D eigenvalue weighted by Gasteiger charge is 2.50. The third kappa shape index (κ3) is 4.32. The molecular formula is C20H38O3Si. The average molecular weight is 355 g/mol. The van der Waals surface area contributed by atoms with E-state index in [0.29, 0.717) is 12.5 Å². The molecule has 0 saturated heterocycles. The van der Waals surface area contributed by atoms with Crippen molar-refractivity contribution >= 4 is 14.3 Å². The van der Waals surface area contributed by atoms with Crippen molar-refractivity contribution in [2.75, 3.05) is 13.7 Å². The molecule has 24 heavy (non-hydrogen) atoms. The van der Waals surface area contributed by atoms with Crippen LogP contribution in [0, 0.1) is 16.7 Å². The molecule has 1 rings (SSSR count). The zero-order valence-corrected chi connectivity index (χ0v) is 18.3. The summed E-state index contributed by atoms with van der Waals surface area (Å²) in [5.41, 5.74) is 0.450. The Morgan fingerprint density at radius 2 is 1.79 bits per heavy atom. The molecule has 0 heterocycles. The molecule has 1 fully saturated rings. The van der Waals surface area contributed by atoms with Gasteiger partial charge in [0.15, 0.2) is 8.32 Å². The van der Waals surface area contributed by atoms with Gasteiger partial charge in [0.2, 0.25) is 0 Å². The third-order valence-electron chi connectivity index (χ3n) is 6.35. The van der Waals surface area contributed by atoms with E-state index >= 15 is 0 Å². The van der Waals surface area contributed by atoms with E-state index < -0.39 is 13.7 Å². The Hall–Kier alpha value is -0.613. The van der Waals surface area contributed by atoms with E-state index in [1.807, 2.05) is 0 Å². The zero-order valence-electron chi connectivity index (χ0n) is 17.3. The molecule has 1 saturated carbocycles. The van der Waals surface area contributed by atoms with Gasteiger partial charge in [-0.3, -0.25) is 4.79 Å². The molecule has 2 atom stereocenters. The number of hydrogen-bond donors (Lipinski definition) is 0. The predicted molar refractivity (Wildman–Crippen MR) is 104 cm³/mol. The van der Waals surface area contributed by atoms with Crippen LogP contribution >= 0.6 is 0 Å². The first-order chi connectivity index (χ1) is 10.7. The lowest BCUT2D eigenvalue weighted by molar-refractivity contribution is -0.155. The molecule has 0 N–H and O–H groups in total. The van der Waals surface area contributed by atoms with Crippen LogP contribution in [-0.2, 0) is 14.0 Å². The quantitative estimate of drug-likeness (QED) is 0.376. The van der Waals surface area contributed by atoms with Gasteiger partial charge in [0.25, 0.3) is 0 Å². The Kier molecular flexibility index (Phi) is 6.20. The molecule has 3 nitrogen and oxygen atoms in total. The van der Waals surface area contributed by atoms with E-state index in [1.165, 1.54) is 7.11 Å². The highest BCUT2D eigenvalue weighted by atomic mass is 28.4. The molecule has 0 radical (unpaired) electrons. The molecule has 0 amide bonds. The summed E-state index contributed by atoms with van der Waals surface area (Å²) in [7, 11) is -0.464. The normalized spacial score (nSPS) is 26.4. The molecule has 0 bridgehead atoms. The van der Waals surface area contributed by atoms with Crippen molar-refractivity contribution in [1.29, 1.82) is 0 Å². The first-order valence-electron chi connectivity index (χ1n) is 9.08. The van der Waals surface area contributed by atoms with Crippen molar-refractivity contribution in [3.8, 4) is 0 Å². The fourth-order valence-electron chi connectivity index (χ4n) is 3.16. The summed E-state index contributed by atoms with van der Waals surface area (Å²) in [6.45, 7) is 22.5. The SMILES string of the molecule is C=C1CC[C@H](C(C)(C)C)C[C@@]1(CO[Si](C)(C)C(C)(C)C)C(=O)OC. The van der Waals surface area contributed by atoms with Crippen LogP contribution in [0.15, 0.2) is 12.2 Å². The predicted octanol–water partition coefficient (Wildman–Crippen LogP) is 5.57. The Balaban J connectivity index is 3.14. The van der Waals surface area contributed by atoms with Gasteiger partial charge in [0, 0.05) is 0 Å². The van der Waals surface area contributed by atoms with Crippen LogP contribution in [0.3, 0.4) is 0 Å². The largest absolute Gasteiger partial charge is 0.468 e. The first kappa shape index (κ1) is 21.4. The maximum Gasteiger partial charge on any atom is 0.318 e. The number of carbonyl (C=O) groups excluding carboxylic acids is 1. The summed E-state index contributed by atoms with van der Waals surface area (Å²) in [5, 5.41) is 0.115. The van der Waals surface area contributed by atoms with Crippen molar-refractivity contribution in [1.82, 2.24) is 0 Å². The topological polar surface area (TPSA) is 35.5 Å². The second-order valence-electron chi connectivity index (χ2n) is 10.0. The molecule has 0 aromatic carbocycles. The number of hydrogen-bond acceptors (Lipinski definition) is 3. The summed E-state index contributed by atoms with van der Waals surface area (Å²) < 4.78 is 11.7. The van der Waals surface area contributed by atoms with Crippen LogP contribution in [0.4, 0.5) is 0 Å². The Bertz CT molecular complexity index is 472. The fourth-order valence-corrected chi connectivity index (χ4v) is 4.20. The molecule has 1 aliphatic rings. The van der Waals surface area contributed by atoms with Gasteiger partial charge in [-0.1, -0.05) is 53.7 Å². The maximum atomic E-state index is 12.8. The molecular weight excluding hydrogens is 316 g/mol. The number of ether oxygens (including phenoxy) is 1. The van der Waals surface area contributed by atoms with Crippen LogP contribution in [0.5, 0.6) is 0 Å². The number of rotatable bonds is 4. The number of carbonyl (C=O) groups is 1. The lowest BCUT2D eigenvalue weighted by atomic mass is 9.61. The van der Waals surface area contributed by atoms with Crippen LogP contribution in [0.1, 0.15) is 60.8 Å². The fraction of sp³-hybridized carbons (Fsp3) is 0.850. The molecule has 1 aliphatic carbocycles. The minimum Gasteiger partial charge on any atom is -0.468 e. The van der Waals surface area contributed by atoms with Crippen molar-refractivity contribution in [3.05, 3.63) is 12.2 Å². The van der Waals surface area contributed by atoms with Crippen LogP contribution < -0.4 is 0 Å². The van der Waals surface area contributed by atoms with Crippen LogP contribution in [0.2, 0.25) is 18.1 Å². The van der Waals surface area contributed by atoms with Gasteiger partial charge < -0.3 is 9.16 Å². The van der Waals surface area contributed by atoms with E-state index in [0.717, 1.165) is 24.8 Å². The number of methoxy groups -OCH3 is 1. The van der Waals surface area contributed by atoms with E-state index in [9.17, 15) is 4.79 Å². The van der Waals surface area contributed by atoms with Gasteiger partial charge in [-0.25, -0.2) is 0 Å². The van der Waals surface area contributed by atoms with Crippen molar-refractivity contribution in [3.63, 3.8) is 0 Å². The third-order valence-corrected chi connectivity index (χ3v) is 10.8. The lowest BCUT2D eigenvalue weighted by Gasteiger charge is -2.47. The first-order valence-corrected chi connectivity index (χ1v) is 12.0. The molecule has 0 unspecified atom stereocenters. The smallest absolute Gasteiger partial charge is 0.318 e. The van der Waals surface area contributed by atoms with Gasteiger partial charge in [-0.15, -0.1) is 0 Å². The zero-order chi connectivity index (χ0) is 19.0. The standard InChI is InChI=1S/C20H38O3Si/c1-15-11-12-16(18(2,3)4)13-20(15,17(21)22-8)14-23-24(9,10)19(5,6)7/h16H,1,11-14H2,2-10H3/t16-,20-/m0/s1. The molecule has 140 valence electrons. The lowest BCUT2D eigenvalue weighted by Crippen LogP contribution is -2.50. The molecule has 4 heteroatoms. The second kappa shape index (κ2) is 6.95. The monoisotopic (exact) mass is 354 g/mol. The van der Waals surface area contributed by atoms with Crippen molar-refractivity contribution < 1.29 is 14.0 Å². The number of esters is 1. The van der Waals surface area contributed by atoms with Crippen molar-refractivity contribution in [2.24, 2.45) is 16.7 Å². The Morgan fingerprint density at radius 1 is 1.25 bits per heavy atom. The summed E-state index contributed by atoms with van der Waals surface area (Å²) in [4.78, 5) is 12.8. The van der Waals surface area contributed by atoms with Gasteiger partial charge in [-0.05, 0) is 48.7 Å². The highest BCUT2D eigenvalue weighted by molar-refractivity contribution is 6.74. The summed E-state index contributed by atoms with van der Waals surface area (Å²) in [6.07, 6.45) is 2.73. The van der Waals surface area contributed by atoms with E-state index in [4.69, 9.17) is 9.16 Å². The Morgan fingerprint density at radius 3 is 2.21 bits per heavy atom. The highest BCUT2D eigenvalue weighted by Crippen LogP contribution is 2.50. The summed E-state index contributed by atoms with van der Waals surface area (Å²) in [6, 6.07) is 0. The summed E-state index contributed by atoms with van der Waals surface area (Å²) in [5.74, 6) is 0.283. The van der Waals surface area contributed by atoms with Gasteiger partial charge >= 0.3 is 5.97 Å². The van der Waals surface area contributed by atoms with E-state index in [1.54, 1.807) is 0 Å². The average Bonchev–Trinajstić information content (AvgIpc) is 2.43. The van der Waals surface area contributed by atoms with Crippen LogP contribution in [0.25, 0.3) is 0 Å². The molecule has 0 aromatic rings. The Labute approximate surface area is 150 Å². The minimum atomic E-state index is -1.94. The van der Waals surface area contributed by atoms with Crippen molar-refractivity contribution in [2.45, 2.75) is 78.9 Å². The van der Waals surface area contributed by atoms with Gasteiger partial charge in [-0.2, -0.15) is 0 Å².